The molecule has 1 unspecified atom stereocenters. The zero-order valence-corrected chi connectivity index (χ0v) is 12.9. The lowest BCUT2D eigenvalue weighted by Gasteiger charge is -2.35. The molecule has 3 rings (SSSR count). The summed E-state index contributed by atoms with van der Waals surface area (Å²) in [4.78, 5) is 14.5. The predicted octanol–water partition coefficient (Wildman–Crippen LogP) is 2.00. The highest BCUT2D eigenvalue weighted by atomic mass is 16.5. The summed E-state index contributed by atoms with van der Waals surface area (Å²) in [5, 5.41) is 8.59. The van der Waals surface area contributed by atoms with Crippen LogP contribution in [0.4, 0.5) is 0 Å². The monoisotopic (exact) mass is 290 g/mol. The molecular weight excluding hydrogens is 268 g/mol. The van der Waals surface area contributed by atoms with Crippen molar-refractivity contribution >= 4 is 5.91 Å². The van der Waals surface area contributed by atoms with Crippen LogP contribution in [0.3, 0.4) is 0 Å². The Hall–Kier alpha value is -1.85. The first-order chi connectivity index (χ1) is 10.1. The Balaban J connectivity index is 1.84. The number of ether oxygens (including phenoxy) is 1. The predicted molar refractivity (Wildman–Crippen MR) is 77.5 cm³/mol. The molecule has 1 atom stereocenters. The molecule has 0 aromatic carbocycles. The van der Waals surface area contributed by atoms with Crippen LogP contribution in [0.2, 0.25) is 0 Å². The van der Waals surface area contributed by atoms with Gasteiger partial charge in [0.2, 0.25) is 0 Å². The van der Waals surface area contributed by atoms with Crippen molar-refractivity contribution in [3.8, 4) is 0 Å². The fraction of sp³-hybridized carbons (Fsp3) is 0.667. The first-order valence-electron chi connectivity index (χ1n) is 7.64. The summed E-state index contributed by atoms with van der Waals surface area (Å²) >= 11 is 0. The molecule has 0 N–H and O–H groups in total. The van der Waals surface area contributed by atoms with Gasteiger partial charge in [0, 0.05) is 19.0 Å². The lowest BCUT2D eigenvalue weighted by atomic mass is 10.1. The number of nitrogens with zero attached hydrogens (tertiary/aromatic N) is 4. The maximum Gasteiger partial charge on any atom is 0.253 e. The Morgan fingerprint density at radius 3 is 2.86 bits per heavy atom. The standard InChI is InChI=1S/C15H22N4O2/c1-10(2)13-16-17-14-11(3)18(6-7-19(13)14)15(20)12-5-4-8-21-9-12/h9-11H,4-8H2,1-3H3. The van der Waals surface area contributed by atoms with Gasteiger partial charge in [-0.1, -0.05) is 13.8 Å². The van der Waals surface area contributed by atoms with Gasteiger partial charge in [-0.15, -0.1) is 10.2 Å². The normalized spacial score (nSPS) is 21.8. The fourth-order valence-electron chi connectivity index (χ4n) is 3.02. The van der Waals surface area contributed by atoms with Gasteiger partial charge in [-0.25, -0.2) is 0 Å². The van der Waals surface area contributed by atoms with E-state index in [9.17, 15) is 4.79 Å². The van der Waals surface area contributed by atoms with Crippen molar-refractivity contribution in [3.63, 3.8) is 0 Å². The summed E-state index contributed by atoms with van der Waals surface area (Å²) in [6, 6.07) is -0.0472. The first-order valence-corrected chi connectivity index (χ1v) is 7.64. The summed E-state index contributed by atoms with van der Waals surface area (Å²) < 4.78 is 7.45. The van der Waals surface area contributed by atoms with Crippen LogP contribution in [-0.2, 0) is 16.1 Å². The Bertz CT molecular complexity index is 576. The Kier molecular flexibility index (Phi) is 3.69. The Morgan fingerprint density at radius 2 is 2.19 bits per heavy atom. The number of rotatable bonds is 2. The van der Waals surface area contributed by atoms with Gasteiger partial charge in [-0.05, 0) is 19.8 Å². The van der Waals surface area contributed by atoms with Crippen LogP contribution in [0.1, 0.15) is 57.2 Å². The topological polar surface area (TPSA) is 60.2 Å². The van der Waals surface area contributed by atoms with Gasteiger partial charge in [0.25, 0.3) is 5.91 Å². The second kappa shape index (κ2) is 5.50. The third kappa shape index (κ3) is 2.43. The first kappa shape index (κ1) is 14.1. The van der Waals surface area contributed by atoms with E-state index in [-0.39, 0.29) is 11.9 Å². The molecule has 6 nitrogen and oxygen atoms in total. The number of hydrogen-bond acceptors (Lipinski definition) is 4. The molecule has 6 heteroatoms. The number of fused-ring (bicyclic) bond motifs is 1. The van der Waals surface area contributed by atoms with Crippen molar-refractivity contribution in [2.75, 3.05) is 13.2 Å². The average molecular weight is 290 g/mol. The van der Waals surface area contributed by atoms with Crippen molar-refractivity contribution in [1.82, 2.24) is 19.7 Å². The smallest absolute Gasteiger partial charge is 0.253 e. The maximum atomic E-state index is 12.6. The third-order valence-electron chi connectivity index (χ3n) is 4.20. The van der Waals surface area contributed by atoms with E-state index in [1.54, 1.807) is 6.26 Å². The van der Waals surface area contributed by atoms with Gasteiger partial charge in [0.1, 0.15) is 5.82 Å². The zero-order chi connectivity index (χ0) is 15.0. The highest BCUT2D eigenvalue weighted by Crippen LogP contribution is 2.28. The lowest BCUT2D eigenvalue weighted by molar-refractivity contribution is -0.130. The minimum atomic E-state index is -0.0472. The van der Waals surface area contributed by atoms with Crippen LogP contribution in [0.5, 0.6) is 0 Å². The molecule has 0 saturated carbocycles. The molecule has 3 heterocycles. The zero-order valence-electron chi connectivity index (χ0n) is 12.9. The molecule has 1 amide bonds. The van der Waals surface area contributed by atoms with E-state index >= 15 is 0 Å². The maximum absolute atomic E-state index is 12.6. The van der Waals surface area contributed by atoms with E-state index in [2.05, 4.69) is 28.6 Å². The molecule has 0 aliphatic carbocycles. The summed E-state index contributed by atoms with van der Waals surface area (Å²) in [6.07, 6.45) is 3.33. The molecule has 0 radical (unpaired) electrons. The largest absolute Gasteiger partial charge is 0.501 e. The van der Waals surface area contributed by atoms with Crippen LogP contribution in [0.15, 0.2) is 11.8 Å². The molecule has 0 fully saturated rings. The van der Waals surface area contributed by atoms with Crippen molar-refractivity contribution in [2.45, 2.75) is 52.1 Å². The molecule has 114 valence electrons. The highest BCUT2D eigenvalue weighted by molar-refractivity contribution is 5.93. The van der Waals surface area contributed by atoms with Crippen molar-refractivity contribution < 1.29 is 9.53 Å². The van der Waals surface area contributed by atoms with Crippen molar-refractivity contribution in [1.29, 1.82) is 0 Å². The molecule has 0 saturated heterocycles. The SMILES string of the molecule is CC(C)c1nnc2n1CCN(C(=O)C1=COCCC1)C2C. The number of amides is 1. The Morgan fingerprint density at radius 1 is 1.38 bits per heavy atom. The summed E-state index contributed by atoms with van der Waals surface area (Å²) in [7, 11) is 0. The second-order valence-electron chi connectivity index (χ2n) is 6.01. The minimum Gasteiger partial charge on any atom is -0.501 e. The van der Waals surface area contributed by atoms with Crippen LogP contribution in [0.25, 0.3) is 0 Å². The van der Waals surface area contributed by atoms with Gasteiger partial charge in [0.15, 0.2) is 5.82 Å². The van der Waals surface area contributed by atoms with E-state index < -0.39 is 0 Å². The Labute approximate surface area is 124 Å². The van der Waals surface area contributed by atoms with E-state index in [1.165, 1.54) is 0 Å². The molecule has 0 spiro atoms. The lowest BCUT2D eigenvalue weighted by Crippen LogP contribution is -2.42. The molecule has 1 aromatic heterocycles. The quantitative estimate of drug-likeness (QED) is 0.836. The van der Waals surface area contributed by atoms with Gasteiger partial charge < -0.3 is 14.2 Å². The van der Waals surface area contributed by atoms with Crippen LogP contribution < -0.4 is 0 Å². The van der Waals surface area contributed by atoms with E-state index in [4.69, 9.17) is 4.74 Å². The highest BCUT2D eigenvalue weighted by Gasteiger charge is 2.33. The number of carbonyl (C=O) groups is 1. The third-order valence-corrected chi connectivity index (χ3v) is 4.20. The van der Waals surface area contributed by atoms with E-state index in [1.807, 2.05) is 11.8 Å². The summed E-state index contributed by atoms with van der Waals surface area (Å²) in [5.74, 6) is 2.30. The average Bonchev–Trinajstić information content (AvgIpc) is 2.93. The van der Waals surface area contributed by atoms with Crippen molar-refractivity contribution in [2.24, 2.45) is 0 Å². The summed E-state index contributed by atoms with van der Waals surface area (Å²) in [6.45, 7) is 8.42. The van der Waals surface area contributed by atoms with E-state index in [0.717, 1.165) is 36.6 Å². The number of carbonyl (C=O) groups excluding carboxylic acids is 1. The van der Waals surface area contributed by atoms with Crippen LogP contribution in [0, 0.1) is 0 Å². The van der Waals surface area contributed by atoms with E-state index in [0.29, 0.717) is 19.1 Å². The molecular formula is C15H22N4O2. The van der Waals surface area contributed by atoms with Crippen molar-refractivity contribution in [3.05, 3.63) is 23.5 Å². The molecule has 1 aromatic rings. The van der Waals surface area contributed by atoms with Crippen LogP contribution >= 0.6 is 0 Å². The fourth-order valence-corrected chi connectivity index (χ4v) is 3.02. The molecule has 0 bridgehead atoms. The van der Waals surface area contributed by atoms with Gasteiger partial charge in [-0.2, -0.15) is 0 Å². The van der Waals surface area contributed by atoms with Gasteiger partial charge in [-0.3, -0.25) is 4.79 Å². The van der Waals surface area contributed by atoms with Gasteiger partial charge >= 0.3 is 0 Å². The molecule has 2 aliphatic rings. The number of hydrogen-bond donors (Lipinski definition) is 0. The van der Waals surface area contributed by atoms with Gasteiger partial charge in [0.05, 0.1) is 24.5 Å². The molecule has 2 aliphatic heterocycles. The molecule has 21 heavy (non-hydrogen) atoms. The summed E-state index contributed by atoms with van der Waals surface area (Å²) in [5.41, 5.74) is 0.769. The minimum absolute atomic E-state index is 0.0472. The second-order valence-corrected chi connectivity index (χ2v) is 6.01. The number of aromatic nitrogens is 3. The van der Waals surface area contributed by atoms with Crippen LogP contribution in [-0.4, -0.2) is 38.7 Å².